The fourth-order valence-electron chi connectivity index (χ4n) is 4.90. The third-order valence-electron chi connectivity index (χ3n) is 6.85. The standard InChI is InChI=1S/C26H34N4O2/c1-26(2,3)13-25(31)29-10-8-18(9-11-29)20-6-7-23(27-14-20)19-4-5-21-15-28-30(24(21)12-19)22-16-32-17-22/h4-7,12,14,18,22,28H,8-11,13,15-17H2,1-3H3. The SMILES string of the molecule is CC(C)(C)CC(=O)N1CCC(c2ccc(-c3ccc4c(c3)N(C3COC3)NC4)nc2)CC1. The van der Waals surface area contributed by atoms with Crippen LogP contribution in [-0.2, 0) is 16.1 Å². The molecule has 6 nitrogen and oxygen atoms in total. The molecule has 4 heterocycles. The second kappa shape index (κ2) is 8.49. The summed E-state index contributed by atoms with van der Waals surface area (Å²) in [5, 5.41) is 2.26. The minimum absolute atomic E-state index is 0.0456. The molecule has 2 fully saturated rings. The van der Waals surface area contributed by atoms with Gasteiger partial charge in [-0.2, -0.15) is 0 Å². The number of piperidine rings is 1. The molecule has 0 saturated carbocycles. The van der Waals surface area contributed by atoms with Gasteiger partial charge in [0.05, 0.1) is 30.6 Å². The molecule has 1 N–H and O–H groups in total. The minimum atomic E-state index is 0.0456. The number of hydrogen-bond donors (Lipinski definition) is 1. The van der Waals surface area contributed by atoms with Gasteiger partial charge in [0.15, 0.2) is 0 Å². The molecule has 1 aromatic carbocycles. The van der Waals surface area contributed by atoms with E-state index in [-0.39, 0.29) is 11.3 Å². The number of hydrazine groups is 1. The van der Waals surface area contributed by atoms with Crippen LogP contribution in [0.4, 0.5) is 5.69 Å². The van der Waals surface area contributed by atoms with Crippen LogP contribution in [0.5, 0.6) is 0 Å². The van der Waals surface area contributed by atoms with Crippen molar-refractivity contribution in [3.8, 4) is 11.3 Å². The Bertz CT molecular complexity index is 970. The predicted molar refractivity (Wildman–Crippen MR) is 126 cm³/mol. The average Bonchev–Trinajstić information content (AvgIpc) is 3.14. The van der Waals surface area contributed by atoms with Crippen LogP contribution in [-0.4, -0.2) is 48.1 Å². The maximum absolute atomic E-state index is 12.5. The van der Waals surface area contributed by atoms with Crippen LogP contribution in [0.15, 0.2) is 36.5 Å². The Morgan fingerprint density at radius 2 is 1.94 bits per heavy atom. The van der Waals surface area contributed by atoms with Crippen LogP contribution in [0.2, 0.25) is 0 Å². The lowest BCUT2D eigenvalue weighted by atomic mass is 9.88. The molecule has 2 aromatic rings. The van der Waals surface area contributed by atoms with E-state index < -0.39 is 0 Å². The summed E-state index contributed by atoms with van der Waals surface area (Å²) in [6.45, 7) is 10.5. The number of ether oxygens (including phenoxy) is 1. The van der Waals surface area contributed by atoms with Gasteiger partial charge in [-0.15, -0.1) is 0 Å². The molecule has 0 spiro atoms. The van der Waals surface area contributed by atoms with Crippen molar-refractivity contribution >= 4 is 11.6 Å². The summed E-state index contributed by atoms with van der Waals surface area (Å²) in [5.41, 5.74) is 9.53. The molecule has 1 amide bonds. The molecule has 0 bridgehead atoms. The molecule has 0 aliphatic carbocycles. The molecule has 5 rings (SSSR count). The topological polar surface area (TPSA) is 57.7 Å². The number of carbonyl (C=O) groups excluding carboxylic acids is 1. The number of anilines is 1. The zero-order valence-electron chi connectivity index (χ0n) is 19.4. The molecule has 0 radical (unpaired) electrons. The number of aromatic nitrogens is 1. The van der Waals surface area contributed by atoms with Crippen molar-refractivity contribution in [3.63, 3.8) is 0 Å². The van der Waals surface area contributed by atoms with Crippen LogP contribution in [0.3, 0.4) is 0 Å². The summed E-state index contributed by atoms with van der Waals surface area (Å²) in [7, 11) is 0. The van der Waals surface area contributed by atoms with Crippen molar-refractivity contribution in [3.05, 3.63) is 47.7 Å². The maximum Gasteiger partial charge on any atom is 0.223 e. The average molecular weight is 435 g/mol. The van der Waals surface area contributed by atoms with Crippen LogP contribution in [0.25, 0.3) is 11.3 Å². The predicted octanol–water partition coefficient (Wildman–Crippen LogP) is 4.11. The van der Waals surface area contributed by atoms with E-state index in [4.69, 9.17) is 9.72 Å². The molecule has 3 aliphatic rings. The summed E-state index contributed by atoms with van der Waals surface area (Å²) < 4.78 is 5.37. The lowest BCUT2D eigenvalue weighted by Gasteiger charge is -2.36. The molecule has 3 aliphatic heterocycles. The molecule has 2 saturated heterocycles. The van der Waals surface area contributed by atoms with Gasteiger partial charge in [-0.1, -0.05) is 39.0 Å². The van der Waals surface area contributed by atoms with Gasteiger partial charge >= 0.3 is 0 Å². The first kappa shape index (κ1) is 21.4. The number of nitrogens with one attached hydrogen (secondary N) is 1. The van der Waals surface area contributed by atoms with Gasteiger partial charge < -0.3 is 14.6 Å². The quantitative estimate of drug-likeness (QED) is 0.785. The second-order valence-electron chi connectivity index (χ2n) is 10.6. The van der Waals surface area contributed by atoms with Gasteiger partial charge in [-0.05, 0) is 47.4 Å². The van der Waals surface area contributed by atoms with E-state index in [1.807, 2.05) is 11.1 Å². The zero-order valence-corrected chi connectivity index (χ0v) is 19.4. The van der Waals surface area contributed by atoms with Crippen LogP contribution in [0, 0.1) is 5.41 Å². The summed E-state index contributed by atoms with van der Waals surface area (Å²) in [5.74, 6) is 0.770. The number of carbonyl (C=O) groups is 1. The van der Waals surface area contributed by atoms with Crippen LogP contribution < -0.4 is 10.4 Å². The lowest BCUT2D eigenvalue weighted by molar-refractivity contribution is -0.134. The van der Waals surface area contributed by atoms with E-state index in [0.717, 1.165) is 56.9 Å². The van der Waals surface area contributed by atoms with Crippen molar-refractivity contribution in [2.75, 3.05) is 31.3 Å². The van der Waals surface area contributed by atoms with Gasteiger partial charge in [0, 0.05) is 37.8 Å². The highest BCUT2D eigenvalue weighted by Gasteiger charge is 2.31. The second-order valence-corrected chi connectivity index (χ2v) is 10.6. The van der Waals surface area contributed by atoms with E-state index in [2.05, 4.69) is 61.5 Å². The Kier molecular flexibility index (Phi) is 5.68. The Hall–Kier alpha value is -2.44. The summed E-state index contributed by atoms with van der Waals surface area (Å²) in [6, 6.07) is 11.4. The van der Waals surface area contributed by atoms with Gasteiger partial charge in [-0.3, -0.25) is 9.78 Å². The van der Waals surface area contributed by atoms with Gasteiger partial charge in [0.2, 0.25) is 5.91 Å². The minimum Gasteiger partial charge on any atom is -0.377 e. The fraction of sp³-hybridized carbons (Fsp3) is 0.538. The number of hydrogen-bond acceptors (Lipinski definition) is 5. The molecule has 1 aromatic heterocycles. The smallest absolute Gasteiger partial charge is 0.223 e. The number of likely N-dealkylation sites (tertiary alicyclic amines) is 1. The van der Waals surface area contributed by atoms with Crippen molar-refractivity contribution < 1.29 is 9.53 Å². The lowest BCUT2D eigenvalue weighted by Crippen LogP contribution is -2.53. The first-order valence-electron chi connectivity index (χ1n) is 11.8. The highest BCUT2D eigenvalue weighted by molar-refractivity contribution is 5.77. The van der Waals surface area contributed by atoms with E-state index in [1.165, 1.54) is 16.8 Å². The largest absolute Gasteiger partial charge is 0.377 e. The molecule has 0 unspecified atom stereocenters. The number of nitrogens with zero attached hydrogens (tertiary/aromatic N) is 3. The molecule has 32 heavy (non-hydrogen) atoms. The third-order valence-corrected chi connectivity index (χ3v) is 6.85. The van der Waals surface area contributed by atoms with Gasteiger partial charge in [0.1, 0.15) is 0 Å². The molecule has 0 atom stereocenters. The Balaban J connectivity index is 1.23. The normalized spacial score (nSPS) is 19.7. The van der Waals surface area contributed by atoms with Crippen LogP contribution >= 0.6 is 0 Å². The summed E-state index contributed by atoms with van der Waals surface area (Å²) in [4.78, 5) is 19.4. The molecular formula is C26H34N4O2. The van der Waals surface area contributed by atoms with Crippen LogP contribution in [0.1, 0.15) is 57.1 Å². The molecular weight excluding hydrogens is 400 g/mol. The van der Waals surface area contributed by atoms with E-state index >= 15 is 0 Å². The highest BCUT2D eigenvalue weighted by Crippen LogP contribution is 2.34. The van der Waals surface area contributed by atoms with Gasteiger partial charge in [-0.25, -0.2) is 5.43 Å². The maximum atomic E-state index is 12.5. The Labute approximate surface area is 190 Å². The third kappa shape index (κ3) is 4.39. The summed E-state index contributed by atoms with van der Waals surface area (Å²) in [6.07, 6.45) is 4.69. The Morgan fingerprint density at radius 1 is 1.16 bits per heavy atom. The first-order valence-corrected chi connectivity index (χ1v) is 11.8. The molecule has 170 valence electrons. The van der Waals surface area contributed by atoms with Gasteiger partial charge in [0.25, 0.3) is 0 Å². The van der Waals surface area contributed by atoms with Crippen molar-refractivity contribution in [1.82, 2.24) is 15.3 Å². The number of rotatable bonds is 4. The van der Waals surface area contributed by atoms with Crippen molar-refractivity contribution in [1.29, 1.82) is 0 Å². The van der Waals surface area contributed by atoms with E-state index in [1.54, 1.807) is 0 Å². The highest BCUT2D eigenvalue weighted by atomic mass is 16.5. The summed E-state index contributed by atoms with van der Waals surface area (Å²) >= 11 is 0. The van der Waals surface area contributed by atoms with Crippen molar-refractivity contribution in [2.24, 2.45) is 5.41 Å². The number of fused-ring (bicyclic) bond motifs is 1. The zero-order chi connectivity index (χ0) is 22.3. The van der Waals surface area contributed by atoms with E-state index in [0.29, 0.717) is 18.4 Å². The number of amides is 1. The fourth-order valence-corrected chi connectivity index (χ4v) is 4.90. The Morgan fingerprint density at radius 3 is 2.56 bits per heavy atom. The molecule has 6 heteroatoms. The first-order chi connectivity index (χ1) is 15.4. The number of benzene rings is 1. The van der Waals surface area contributed by atoms with E-state index in [9.17, 15) is 4.79 Å². The number of pyridine rings is 1. The van der Waals surface area contributed by atoms with Crippen molar-refractivity contribution in [2.45, 2.75) is 58.5 Å². The monoisotopic (exact) mass is 434 g/mol.